The van der Waals surface area contributed by atoms with Crippen LogP contribution in [-0.4, -0.2) is 15.6 Å². The van der Waals surface area contributed by atoms with Crippen molar-refractivity contribution >= 4 is 0 Å². The number of aryl methyl sites for hydroxylation is 2. The van der Waals surface area contributed by atoms with Crippen molar-refractivity contribution in [2.45, 2.75) is 39.2 Å². The molecular weight excluding hydrogens is 174 g/mol. The van der Waals surface area contributed by atoms with E-state index in [9.17, 15) is 0 Å². The van der Waals surface area contributed by atoms with Crippen molar-refractivity contribution in [1.82, 2.24) is 9.55 Å². The average molecular weight is 195 g/mol. The van der Waals surface area contributed by atoms with E-state index in [1.165, 1.54) is 0 Å². The first kappa shape index (κ1) is 11.2. The van der Waals surface area contributed by atoms with Gasteiger partial charge >= 0.3 is 0 Å². The maximum atomic E-state index is 5.90. The van der Waals surface area contributed by atoms with E-state index in [1.54, 1.807) is 0 Å². The number of nitrogens with zero attached hydrogens (tertiary/aromatic N) is 2. The number of hydrogen-bond acceptors (Lipinski definition) is 2. The summed E-state index contributed by atoms with van der Waals surface area (Å²) < 4.78 is 2.08. The zero-order valence-corrected chi connectivity index (χ0v) is 9.40. The summed E-state index contributed by atoms with van der Waals surface area (Å²) in [6, 6.07) is 0.292. The van der Waals surface area contributed by atoms with Crippen LogP contribution in [0.15, 0.2) is 12.4 Å². The topological polar surface area (TPSA) is 43.8 Å². The minimum absolute atomic E-state index is 0.292. The van der Waals surface area contributed by atoms with Gasteiger partial charge in [0.15, 0.2) is 0 Å². The molecule has 3 heteroatoms. The highest BCUT2D eigenvalue weighted by atomic mass is 15.0. The van der Waals surface area contributed by atoms with E-state index in [0.717, 1.165) is 25.1 Å². The molecule has 0 aliphatic rings. The highest BCUT2D eigenvalue weighted by Gasteiger charge is 2.12. The molecule has 1 aromatic heterocycles. The molecule has 0 bridgehead atoms. The summed E-state index contributed by atoms with van der Waals surface area (Å²) in [7, 11) is 2.04. The fourth-order valence-corrected chi connectivity index (χ4v) is 1.79. The lowest BCUT2D eigenvalue weighted by atomic mass is 9.93. The standard InChI is InChI=1S/C11H21N3/c1-4-10(9(2)12)5-6-11-13-7-8-14(11)3/h7-10H,4-6,12H2,1-3H3. The maximum absolute atomic E-state index is 5.90. The quantitative estimate of drug-likeness (QED) is 0.777. The van der Waals surface area contributed by atoms with Crippen molar-refractivity contribution in [3.8, 4) is 0 Å². The van der Waals surface area contributed by atoms with E-state index >= 15 is 0 Å². The number of nitrogens with two attached hydrogens (primary N) is 1. The van der Waals surface area contributed by atoms with Gasteiger partial charge in [-0.05, 0) is 19.3 Å². The largest absolute Gasteiger partial charge is 0.338 e. The van der Waals surface area contributed by atoms with Gasteiger partial charge in [0, 0.05) is 31.9 Å². The fraction of sp³-hybridized carbons (Fsp3) is 0.727. The van der Waals surface area contributed by atoms with Crippen LogP contribution in [-0.2, 0) is 13.5 Å². The first-order valence-corrected chi connectivity index (χ1v) is 5.37. The normalized spacial score (nSPS) is 15.4. The molecule has 0 spiro atoms. The second-order valence-corrected chi connectivity index (χ2v) is 4.02. The zero-order chi connectivity index (χ0) is 10.6. The van der Waals surface area contributed by atoms with Crippen molar-refractivity contribution < 1.29 is 0 Å². The van der Waals surface area contributed by atoms with Gasteiger partial charge in [0.1, 0.15) is 5.82 Å². The molecule has 2 atom stereocenters. The summed E-state index contributed by atoms with van der Waals surface area (Å²) >= 11 is 0. The summed E-state index contributed by atoms with van der Waals surface area (Å²) in [5.74, 6) is 1.77. The van der Waals surface area contributed by atoms with E-state index < -0.39 is 0 Å². The smallest absolute Gasteiger partial charge is 0.108 e. The average Bonchev–Trinajstić information content (AvgIpc) is 2.52. The summed E-state index contributed by atoms with van der Waals surface area (Å²) in [5, 5.41) is 0. The summed E-state index contributed by atoms with van der Waals surface area (Å²) in [6.07, 6.45) is 7.16. The Bertz CT molecular complexity index is 265. The molecule has 0 aliphatic heterocycles. The van der Waals surface area contributed by atoms with Crippen molar-refractivity contribution in [3.63, 3.8) is 0 Å². The van der Waals surface area contributed by atoms with Gasteiger partial charge in [-0.3, -0.25) is 0 Å². The Hall–Kier alpha value is -0.830. The molecule has 3 nitrogen and oxygen atoms in total. The Morgan fingerprint density at radius 2 is 2.29 bits per heavy atom. The Labute approximate surface area is 86.3 Å². The summed E-state index contributed by atoms with van der Waals surface area (Å²) in [5.41, 5.74) is 5.90. The Kier molecular flexibility index (Phi) is 4.14. The van der Waals surface area contributed by atoms with E-state index in [0.29, 0.717) is 12.0 Å². The lowest BCUT2D eigenvalue weighted by molar-refractivity contribution is 0.396. The number of imidazole rings is 1. The lowest BCUT2D eigenvalue weighted by Crippen LogP contribution is -2.26. The van der Waals surface area contributed by atoms with E-state index in [4.69, 9.17) is 5.73 Å². The molecule has 0 aliphatic carbocycles. The minimum Gasteiger partial charge on any atom is -0.338 e. The zero-order valence-electron chi connectivity index (χ0n) is 9.40. The molecule has 0 fully saturated rings. The molecule has 0 aromatic carbocycles. The van der Waals surface area contributed by atoms with Crippen LogP contribution < -0.4 is 5.73 Å². The first-order valence-electron chi connectivity index (χ1n) is 5.37. The van der Waals surface area contributed by atoms with Gasteiger partial charge < -0.3 is 10.3 Å². The van der Waals surface area contributed by atoms with Gasteiger partial charge in [0.25, 0.3) is 0 Å². The maximum Gasteiger partial charge on any atom is 0.108 e. The summed E-state index contributed by atoms with van der Waals surface area (Å²) in [6.45, 7) is 4.29. The highest BCUT2D eigenvalue weighted by Crippen LogP contribution is 2.14. The van der Waals surface area contributed by atoms with Crippen molar-refractivity contribution in [2.75, 3.05) is 0 Å². The Morgan fingerprint density at radius 1 is 1.57 bits per heavy atom. The Morgan fingerprint density at radius 3 is 2.71 bits per heavy atom. The molecule has 0 amide bonds. The lowest BCUT2D eigenvalue weighted by Gasteiger charge is -2.18. The molecule has 1 aromatic rings. The summed E-state index contributed by atoms with van der Waals surface area (Å²) in [4.78, 5) is 4.30. The van der Waals surface area contributed by atoms with Gasteiger partial charge in [0.05, 0.1) is 0 Å². The number of hydrogen-bond donors (Lipinski definition) is 1. The molecule has 0 saturated heterocycles. The monoisotopic (exact) mass is 195 g/mol. The van der Waals surface area contributed by atoms with Crippen molar-refractivity contribution in [2.24, 2.45) is 18.7 Å². The highest BCUT2D eigenvalue weighted by molar-refractivity contribution is 4.91. The number of rotatable bonds is 5. The van der Waals surface area contributed by atoms with Gasteiger partial charge in [-0.25, -0.2) is 4.98 Å². The molecule has 1 rings (SSSR count). The van der Waals surface area contributed by atoms with E-state index in [1.807, 2.05) is 19.4 Å². The SMILES string of the molecule is CCC(CCc1nccn1C)C(C)N. The predicted octanol–water partition coefficient (Wildman–Crippen LogP) is 1.73. The van der Waals surface area contributed by atoms with Crippen LogP contribution in [0.25, 0.3) is 0 Å². The van der Waals surface area contributed by atoms with Crippen LogP contribution in [0, 0.1) is 5.92 Å². The van der Waals surface area contributed by atoms with Crippen LogP contribution >= 0.6 is 0 Å². The third kappa shape index (κ3) is 2.84. The second-order valence-electron chi connectivity index (χ2n) is 4.02. The van der Waals surface area contributed by atoms with Gasteiger partial charge in [-0.1, -0.05) is 13.3 Å². The molecule has 2 N–H and O–H groups in total. The molecule has 2 unspecified atom stereocenters. The van der Waals surface area contributed by atoms with Crippen molar-refractivity contribution in [1.29, 1.82) is 0 Å². The number of aromatic nitrogens is 2. The van der Waals surface area contributed by atoms with Gasteiger partial charge in [-0.2, -0.15) is 0 Å². The first-order chi connectivity index (χ1) is 6.65. The Balaban J connectivity index is 2.43. The molecule has 0 radical (unpaired) electrons. The fourth-order valence-electron chi connectivity index (χ4n) is 1.79. The van der Waals surface area contributed by atoms with Crippen molar-refractivity contribution in [3.05, 3.63) is 18.2 Å². The minimum atomic E-state index is 0.292. The molecule has 0 saturated carbocycles. The van der Waals surface area contributed by atoms with E-state index in [-0.39, 0.29) is 0 Å². The van der Waals surface area contributed by atoms with Gasteiger partial charge in [-0.15, -0.1) is 0 Å². The molecule has 1 heterocycles. The van der Waals surface area contributed by atoms with Crippen LogP contribution in [0.3, 0.4) is 0 Å². The third-order valence-corrected chi connectivity index (χ3v) is 2.93. The van der Waals surface area contributed by atoms with Gasteiger partial charge in [0.2, 0.25) is 0 Å². The van der Waals surface area contributed by atoms with Crippen LogP contribution in [0.5, 0.6) is 0 Å². The van der Waals surface area contributed by atoms with Crippen LogP contribution in [0.2, 0.25) is 0 Å². The van der Waals surface area contributed by atoms with E-state index in [2.05, 4.69) is 23.4 Å². The molecule has 80 valence electrons. The second kappa shape index (κ2) is 5.15. The molecule has 14 heavy (non-hydrogen) atoms. The third-order valence-electron chi connectivity index (χ3n) is 2.93. The molecular formula is C11H21N3. The predicted molar refractivity (Wildman–Crippen MR) is 59.0 cm³/mol. The van der Waals surface area contributed by atoms with Crippen LogP contribution in [0.4, 0.5) is 0 Å². The van der Waals surface area contributed by atoms with Crippen LogP contribution in [0.1, 0.15) is 32.5 Å².